The molecule has 0 bridgehead atoms. The predicted octanol–water partition coefficient (Wildman–Crippen LogP) is 1.65. The van der Waals surface area contributed by atoms with Gasteiger partial charge in [-0.25, -0.2) is 0 Å². The van der Waals surface area contributed by atoms with Crippen molar-refractivity contribution in [2.24, 2.45) is 0 Å². The van der Waals surface area contributed by atoms with Crippen LogP contribution in [-0.2, 0) is 9.47 Å². The van der Waals surface area contributed by atoms with Gasteiger partial charge in [-0.05, 0) is 6.42 Å². The quantitative estimate of drug-likeness (QED) is 0.402. The highest BCUT2D eigenvalue weighted by molar-refractivity contribution is 5.14. The maximum absolute atomic E-state index is 5.26. The van der Waals surface area contributed by atoms with Gasteiger partial charge in [0.15, 0.2) is 0 Å². The van der Waals surface area contributed by atoms with Gasteiger partial charge in [-0.2, -0.15) is 0 Å². The van der Waals surface area contributed by atoms with Gasteiger partial charge in [-0.1, -0.05) is 25.2 Å². The van der Waals surface area contributed by atoms with E-state index in [0.717, 1.165) is 52.3 Å². The molecule has 1 saturated heterocycles. The number of hydrogen-bond acceptors (Lipinski definition) is 3. The number of allylic oxidation sites excluding steroid dienone is 1. The lowest BCUT2D eigenvalue weighted by atomic mass is 10.4. The van der Waals surface area contributed by atoms with Crippen LogP contribution in [0.15, 0.2) is 12.3 Å². The van der Waals surface area contributed by atoms with Gasteiger partial charge in [0.1, 0.15) is 0 Å². The molecule has 0 amide bonds. The van der Waals surface area contributed by atoms with Crippen molar-refractivity contribution in [1.29, 1.82) is 0 Å². The van der Waals surface area contributed by atoms with Crippen LogP contribution in [0.1, 0.15) is 19.8 Å². The van der Waals surface area contributed by atoms with Crippen molar-refractivity contribution in [1.82, 2.24) is 4.90 Å². The van der Waals surface area contributed by atoms with Crippen molar-refractivity contribution < 1.29 is 9.47 Å². The first-order chi connectivity index (χ1) is 7.93. The first-order valence-corrected chi connectivity index (χ1v) is 5.98. The van der Waals surface area contributed by atoms with Crippen LogP contribution >= 0.6 is 0 Å². The van der Waals surface area contributed by atoms with Crippen molar-refractivity contribution in [2.75, 3.05) is 39.5 Å². The fourth-order valence-corrected chi connectivity index (χ4v) is 1.35. The fourth-order valence-electron chi connectivity index (χ4n) is 1.35. The van der Waals surface area contributed by atoms with E-state index in [-0.39, 0.29) is 0 Å². The van der Waals surface area contributed by atoms with Crippen molar-refractivity contribution in [3.63, 3.8) is 0 Å². The molecule has 0 aliphatic carbocycles. The molecular weight excluding hydrogens is 202 g/mol. The molecule has 0 aromatic heterocycles. The molecule has 16 heavy (non-hydrogen) atoms. The second kappa shape index (κ2) is 9.26. The topological polar surface area (TPSA) is 21.7 Å². The van der Waals surface area contributed by atoms with Gasteiger partial charge in [0, 0.05) is 19.2 Å². The predicted molar refractivity (Wildman–Crippen MR) is 65.0 cm³/mol. The fraction of sp³-hybridized carbons (Fsp3) is 0.692. The van der Waals surface area contributed by atoms with Crippen molar-refractivity contribution >= 4 is 0 Å². The first-order valence-electron chi connectivity index (χ1n) is 5.98. The van der Waals surface area contributed by atoms with Crippen LogP contribution in [0, 0.1) is 11.8 Å². The molecule has 90 valence electrons. The van der Waals surface area contributed by atoms with Gasteiger partial charge in [0.05, 0.1) is 32.6 Å². The highest BCUT2D eigenvalue weighted by Gasteiger charge is 2.07. The van der Waals surface area contributed by atoms with Crippen molar-refractivity contribution in [3.05, 3.63) is 12.3 Å². The molecule has 0 aromatic carbocycles. The number of hydrogen-bond donors (Lipinski definition) is 0. The number of rotatable bonds is 5. The largest absolute Gasteiger partial charge is 0.501 e. The molecule has 3 heteroatoms. The molecule has 1 rings (SSSR count). The summed E-state index contributed by atoms with van der Waals surface area (Å²) >= 11 is 0. The molecule has 1 aliphatic heterocycles. The van der Waals surface area contributed by atoms with Crippen LogP contribution in [0.2, 0.25) is 0 Å². The Morgan fingerprint density at radius 3 is 2.94 bits per heavy atom. The zero-order chi connectivity index (χ0) is 11.5. The number of ether oxygens (including phenoxy) is 2. The molecule has 0 N–H and O–H groups in total. The van der Waals surface area contributed by atoms with Crippen LogP contribution in [0.25, 0.3) is 0 Å². The van der Waals surface area contributed by atoms with Crippen molar-refractivity contribution in [3.8, 4) is 11.8 Å². The summed E-state index contributed by atoms with van der Waals surface area (Å²) in [6.07, 6.45) is 5.72. The van der Waals surface area contributed by atoms with E-state index < -0.39 is 0 Å². The average Bonchev–Trinajstić information content (AvgIpc) is 2.34. The Kier molecular flexibility index (Phi) is 7.57. The van der Waals surface area contributed by atoms with E-state index in [9.17, 15) is 0 Å². The Hall–Kier alpha value is -0.980. The first kappa shape index (κ1) is 13.1. The zero-order valence-corrected chi connectivity index (χ0v) is 10.1. The van der Waals surface area contributed by atoms with E-state index in [0.29, 0.717) is 0 Å². The lowest BCUT2D eigenvalue weighted by Crippen LogP contribution is -2.36. The molecule has 0 aromatic rings. The Labute approximate surface area is 98.4 Å². The molecule has 0 unspecified atom stereocenters. The van der Waals surface area contributed by atoms with Gasteiger partial charge in [-0.15, -0.1) is 0 Å². The van der Waals surface area contributed by atoms with Gasteiger partial charge in [-0.3, -0.25) is 4.90 Å². The van der Waals surface area contributed by atoms with Gasteiger partial charge >= 0.3 is 0 Å². The van der Waals surface area contributed by atoms with E-state index >= 15 is 0 Å². The third-order valence-corrected chi connectivity index (χ3v) is 2.37. The molecule has 1 fully saturated rings. The lowest BCUT2D eigenvalue weighted by Gasteiger charge is -2.24. The molecule has 1 aliphatic rings. The minimum atomic E-state index is 0.790. The third kappa shape index (κ3) is 6.49. The van der Waals surface area contributed by atoms with E-state index in [1.54, 1.807) is 12.3 Å². The molecule has 1 heterocycles. The average molecular weight is 223 g/mol. The number of morpholine rings is 1. The second-order valence-electron chi connectivity index (χ2n) is 3.74. The molecular formula is C13H21NO2. The van der Waals surface area contributed by atoms with Crippen LogP contribution in [0.5, 0.6) is 0 Å². The van der Waals surface area contributed by atoms with Crippen LogP contribution in [0.4, 0.5) is 0 Å². The maximum Gasteiger partial charge on any atom is 0.0912 e. The summed E-state index contributed by atoms with van der Waals surface area (Å²) < 4.78 is 10.5. The summed E-state index contributed by atoms with van der Waals surface area (Å²) in [5, 5.41) is 0. The van der Waals surface area contributed by atoms with E-state index in [1.807, 2.05) is 0 Å². The highest BCUT2D eigenvalue weighted by atomic mass is 16.5. The van der Waals surface area contributed by atoms with E-state index in [4.69, 9.17) is 9.47 Å². The normalized spacial score (nSPS) is 17.1. The Morgan fingerprint density at radius 2 is 2.19 bits per heavy atom. The molecule has 3 nitrogen and oxygen atoms in total. The smallest absolute Gasteiger partial charge is 0.0912 e. The maximum atomic E-state index is 5.26. The Bertz CT molecular complexity index is 246. The zero-order valence-electron chi connectivity index (χ0n) is 10.1. The van der Waals surface area contributed by atoms with Crippen LogP contribution in [-0.4, -0.2) is 44.4 Å². The summed E-state index contributed by atoms with van der Waals surface area (Å²) in [4.78, 5) is 2.29. The summed E-state index contributed by atoms with van der Waals surface area (Å²) in [6.45, 7) is 7.40. The molecule has 0 saturated carbocycles. The Balaban J connectivity index is 2.02. The SMILES string of the molecule is CCCCO/C=C/C#CCN1CCOCC1. The lowest BCUT2D eigenvalue weighted by molar-refractivity contribution is 0.0443. The summed E-state index contributed by atoms with van der Waals surface area (Å²) in [5.74, 6) is 6.07. The monoisotopic (exact) mass is 223 g/mol. The van der Waals surface area contributed by atoms with E-state index in [2.05, 4.69) is 23.7 Å². The molecule has 0 radical (unpaired) electrons. The minimum absolute atomic E-state index is 0.790. The molecule has 0 atom stereocenters. The Morgan fingerprint density at radius 1 is 1.38 bits per heavy atom. The second-order valence-corrected chi connectivity index (χ2v) is 3.74. The highest BCUT2D eigenvalue weighted by Crippen LogP contribution is 1.94. The number of nitrogens with zero attached hydrogens (tertiary/aromatic N) is 1. The summed E-state index contributed by atoms with van der Waals surface area (Å²) in [7, 11) is 0. The standard InChI is InChI=1S/C13H21NO2/c1-2-3-10-15-11-6-4-5-7-14-8-12-16-13-9-14/h6,11H,2-3,7-10,12-13H2,1H3/b11-6+. The van der Waals surface area contributed by atoms with Crippen molar-refractivity contribution in [2.45, 2.75) is 19.8 Å². The van der Waals surface area contributed by atoms with Crippen LogP contribution in [0.3, 0.4) is 0 Å². The van der Waals surface area contributed by atoms with Gasteiger partial charge in [0.2, 0.25) is 0 Å². The van der Waals surface area contributed by atoms with Crippen LogP contribution < -0.4 is 0 Å². The van der Waals surface area contributed by atoms with E-state index in [1.165, 1.54) is 0 Å². The molecule has 0 spiro atoms. The summed E-state index contributed by atoms with van der Waals surface area (Å²) in [5.41, 5.74) is 0. The summed E-state index contributed by atoms with van der Waals surface area (Å²) in [6, 6.07) is 0. The number of unbranched alkanes of at least 4 members (excludes halogenated alkanes) is 1. The van der Waals surface area contributed by atoms with Gasteiger partial charge in [0.25, 0.3) is 0 Å². The van der Waals surface area contributed by atoms with Gasteiger partial charge < -0.3 is 9.47 Å². The minimum Gasteiger partial charge on any atom is -0.501 e. The third-order valence-electron chi connectivity index (χ3n) is 2.37.